The van der Waals surface area contributed by atoms with E-state index in [9.17, 15) is 9.18 Å². The molecule has 122 valence electrons. The van der Waals surface area contributed by atoms with Gasteiger partial charge in [0.05, 0.1) is 0 Å². The third-order valence-electron chi connectivity index (χ3n) is 3.11. The van der Waals surface area contributed by atoms with E-state index in [1.54, 1.807) is 18.3 Å². The minimum Gasteiger partial charge on any atom is -0.439 e. The molecule has 4 nitrogen and oxygen atoms in total. The normalized spacial score (nSPS) is 10.4. The third-order valence-corrected chi connectivity index (χ3v) is 4.95. The molecule has 2 aromatic heterocycles. The number of nitrogens with one attached hydrogen (secondary N) is 1. The summed E-state index contributed by atoms with van der Waals surface area (Å²) in [5.74, 6) is 0.402. The number of thiophene rings is 1. The molecule has 0 aliphatic rings. The van der Waals surface area contributed by atoms with Crippen molar-refractivity contribution in [2.45, 2.75) is 6.54 Å². The zero-order valence-electron chi connectivity index (χ0n) is 12.3. The topological polar surface area (TPSA) is 51.2 Å². The molecule has 0 atom stereocenters. The number of amides is 1. The summed E-state index contributed by atoms with van der Waals surface area (Å²) < 4.78 is 19.3. The summed E-state index contributed by atoms with van der Waals surface area (Å²) in [6.07, 6.45) is 1.60. The number of rotatable bonds is 5. The van der Waals surface area contributed by atoms with Crippen LogP contribution in [-0.4, -0.2) is 10.9 Å². The molecule has 1 amide bonds. The Morgan fingerprint density at radius 3 is 2.75 bits per heavy atom. The lowest BCUT2D eigenvalue weighted by atomic mass is 10.2. The molecule has 1 N–H and O–H groups in total. The number of ether oxygens (including phenoxy) is 1. The Balaban J connectivity index is 1.64. The van der Waals surface area contributed by atoms with Crippen LogP contribution in [0.25, 0.3) is 0 Å². The number of aromatic nitrogens is 1. The Bertz CT molecular complexity index is 852. The summed E-state index contributed by atoms with van der Waals surface area (Å²) in [4.78, 5) is 16.8. The van der Waals surface area contributed by atoms with E-state index in [0.29, 0.717) is 23.1 Å². The maximum atomic E-state index is 12.9. The van der Waals surface area contributed by atoms with Gasteiger partial charge in [0.2, 0.25) is 5.88 Å². The molecular weight excluding hydrogens is 395 g/mol. The summed E-state index contributed by atoms with van der Waals surface area (Å²) in [7, 11) is 0. The second-order valence-corrected chi connectivity index (χ2v) is 6.61. The van der Waals surface area contributed by atoms with Crippen molar-refractivity contribution in [2.75, 3.05) is 0 Å². The van der Waals surface area contributed by atoms with Gasteiger partial charge in [-0.2, -0.15) is 0 Å². The number of carbonyl (C=O) groups is 1. The predicted octanol–water partition coefficient (Wildman–Crippen LogP) is 4.77. The average molecular weight is 407 g/mol. The molecule has 0 radical (unpaired) electrons. The molecule has 0 spiro atoms. The first-order valence-electron chi connectivity index (χ1n) is 7.01. The number of pyridine rings is 1. The molecule has 0 fully saturated rings. The van der Waals surface area contributed by atoms with Gasteiger partial charge in [0.15, 0.2) is 0 Å². The van der Waals surface area contributed by atoms with Crippen LogP contribution in [0.1, 0.15) is 15.2 Å². The number of halogens is 2. The van der Waals surface area contributed by atoms with Gasteiger partial charge in [0.1, 0.15) is 16.4 Å². The summed E-state index contributed by atoms with van der Waals surface area (Å²) in [5.41, 5.74) is 0.850. The number of carbonyl (C=O) groups excluding carboxylic acids is 1. The molecule has 0 bridgehead atoms. The largest absolute Gasteiger partial charge is 0.439 e. The monoisotopic (exact) mass is 406 g/mol. The lowest BCUT2D eigenvalue weighted by Gasteiger charge is -2.08. The number of hydrogen-bond acceptors (Lipinski definition) is 4. The SMILES string of the molecule is O=C(NCc1ccnc(Oc2ccc(F)cc2)c1)c1sccc1Br. The van der Waals surface area contributed by atoms with Crippen molar-refractivity contribution >= 4 is 33.2 Å². The van der Waals surface area contributed by atoms with Gasteiger partial charge >= 0.3 is 0 Å². The standard InChI is InChI=1S/C17H12BrFN2O2S/c18-14-6-8-24-16(14)17(22)21-10-11-5-7-20-15(9-11)23-13-3-1-12(19)2-4-13/h1-9H,10H2,(H,21,22). The molecule has 3 rings (SSSR count). The summed E-state index contributed by atoms with van der Waals surface area (Å²) in [6, 6.07) is 11.0. The molecule has 0 saturated heterocycles. The zero-order chi connectivity index (χ0) is 16.9. The van der Waals surface area contributed by atoms with E-state index in [-0.39, 0.29) is 11.7 Å². The molecule has 0 aliphatic carbocycles. The van der Waals surface area contributed by atoms with Gasteiger partial charge in [-0.3, -0.25) is 4.79 Å². The molecule has 0 saturated carbocycles. The van der Waals surface area contributed by atoms with Gasteiger partial charge in [0, 0.05) is 23.3 Å². The summed E-state index contributed by atoms with van der Waals surface area (Å²) >= 11 is 4.71. The highest BCUT2D eigenvalue weighted by Gasteiger charge is 2.11. The Morgan fingerprint density at radius 2 is 2.04 bits per heavy atom. The van der Waals surface area contributed by atoms with Crippen LogP contribution in [0, 0.1) is 5.82 Å². The second-order valence-electron chi connectivity index (χ2n) is 4.84. The molecule has 24 heavy (non-hydrogen) atoms. The molecule has 3 aromatic rings. The van der Waals surface area contributed by atoms with Crippen LogP contribution < -0.4 is 10.1 Å². The van der Waals surface area contributed by atoms with E-state index in [0.717, 1.165) is 10.0 Å². The van der Waals surface area contributed by atoms with Gasteiger partial charge in [-0.15, -0.1) is 11.3 Å². The van der Waals surface area contributed by atoms with Crippen molar-refractivity contribution in [2.24, 2.45) is 0 Å². The van der Waals surface area contributed by atoms with Crippen LogP contribution in [0.2, 0.25) is 0 Å². The number of benzene rings is 1. The van der Waals surface area contributed by atoms with E-state index in [1.165, 1.54) is 35.6 Å². The average Bonchev–Trinajstić information content (AvgIpc) is 3.01. The Morgan fingerprint density at radius 1 is 1.25 bits per heavy atom. The highest BCUT2D eigenvalue weighted by molar-refractivity contribution is 9.10. The maximum absolute atomic E-state index is 12.9. The fourth-order valence-electron chi connectivity index (χ4n) is 1.96. The van der Waals surface area contributed by atoms with Crippen LogP contribution in [-0.2, 0) is 6.54 Å². The maximum Gasteiger partial charge on any atom is 0.262 e. The van der Waals surface area contributed by atoms with E-state index >= 15 is 0 Å². The highest BCUT2D eigenvalue weighted by atomic mass is 79.9. The van der Waals surface area contributed by atoms with E-state index in [2.05, 4.69) is 26.2 Å². The van der Waals surface area contributed by atoms with E-state index in [4.69, 9.17) is 4.74 Å². The first-order chi connectivity index (χ1) is 11.6. The van der Waals surface area contributed by atoms with Gasteiger partial charge < -0.3 is 10.1 Å². The van der Waals surface area contributed by atoms with Crippen molar-refractivity contribution in [3.8, 4) is 11.6 Å². The lowest BCUT2D eigenvalue weighted by Crippen LogP contribution is -2.22. The minimum atomic E-state index is -0.327. The Kier molecular flexibility index (Phi) is 5.22. The van der Waals surface area contributed by atoms with E-state index < -0.39 is 0 Å². The quantitative estimate of drug-likeness (QED) is 0.663. The van der Waals surface area contributed by atoms with Gasteiger partial charge in [-0.1, -0.05) is 0 Å². The van der Waals surface area contributed by atoms with Crippen LogP contribution in [0.5, 0.6) is 11.6 Å². The molecular formula is C17H12BrFN2O2S. The van der Waals surface area contributed by atoms with Crippen LogP contribution in [0.15, 0.2) is 58.5 Å². The molecule has 0 aliphatic heterocycles. The fraction of sp³-hybridized carbons (Fsp3) is 0.0588. The fourth-order valence-corrected chi connectivity index (χ4v) is 3.43. The molecule has 7 heteroatoms. The van der Waals surface area contributed by atoms with Crippen molar-refractivity contribution in [3.05, 3.63) is 74.8 Å². The van der Waals surface area contributed by atoms with Crippen molar-refractivity contribution in [1.29, 1.82) is 0 Å². The lowest BCUT2D eigenvalue weighted by molar-refractivity contribution is 0.0954. The first-order valence-corrected chi connectivity index (χ1v) is 8.68. The molecule has 1 aromatic carbocycles. The molecule has 2 heterocycles. The summed E-state index contributed by atoms with van der Waals surface area (Å²) in [6.45, 7) is 0.353. The smallest absolute Gasteiger partial charge is 0.262 e. The molecule has 0 unspecified atom stereocenters. The van der Waals surface area contributed by atoms with Gasteiger partial charge in [-0.25, -0.2) is 9.37 Å². The summed E-state index contributed by atoms with van der Waals surface area (Å²) in [5, 5.41) is 4.70. The highest BCUT2D eigenvalue weighted by Crippen LogP contribution is 2.23. The first kappa shape index (κ1) is 16.6. The minimum absolute atomic E-state index is 0.144. The van der Waals surface area contributed by atoms with Crippen molar-refractivity contribution < 1.29 is 13.9 Å². The Labute approximate surface area is 150 Å². The zero-order valence-corrected chi connectivity index (χ0v) is 14.7. The Hall–Kier alpha value is -2.25. The van der Waals surface area contributed by atoms with Gasteiger partial charge in [0.25, 0.3) is 5.91 Å². The van der Waals surface area contributed by atoms with Crippen LogP contribution in [0.4, 0.5) is 4.39 Å². The van der Waals surface area contributed by atoms with Crippen molar-refractivity contribution in [1.82, 2.24) is 10.3 Å². The van der Waals surface area contributed by atoms with Crippen LogP contribution >= 0.6 is 27.3 Å². The number of hydrogen-bond donors (Lipinski definition) is 1. The van der Waals surface area contributed by atoms with Crippen LogP contribution in [0.3, 0.4) is 0 Å². The second kappa shape index (κ2) is 7.55. The predicted molar refractivity (Wildman–Crippen MR) is 93.9 cm³/mol. The number of nitrogens with zero attached hydrogens (tertiary/aromatic N) is 1. The third kappa shape index (κ3) is 4.18. The van der Waals surface area contributed by atoms with Crippen molar-refractivity contribution in [3.63, 3.8) is 0 Å². The van der Waals surface area contributed by atoms with Gasteiger partial charge in [-0.05, 0) is 63.3 Å². The van der Waals surface area contributed by atoms with E-state index in [1.807, 2.05) is 11.4 Å².